The molecule has 9 heteroatoms. The zero-order valence-corrected chi connectivity index (χ0v) is 13.1. The Hall–Kier alpha value is -2.19. The fourth-order valence-electron chi connectivity index (χ4n) is 3.44. The van der Waals surface area contributed by atoms with Crippen molar-refractivity contribution in [3.63, 3.8) is 0 Å². The van der Waals surface area contributed by atoms with Crippen LogP contribution in [0.5, 0.6) is 0 Å². The number of hydrogen-bond donors (Lipinski definition) is 1. The van der Waals surface area contributed by atoms with E-state index in [4.69, 9.17) is 0 Å². The quantitative estimate of drug-likeness (QED) is 0.379. The Morgan fingerprint density at radius 1 is 0.800 bits per heavy atom. The van der Waals surface area contributed by atoms with Crippen LogP contribution in [0, 0.1) is 29.1 Å². The first-order valence-corrected chi connectivity index (χ1v) is 7.93. The van der Waals surface area contributed by atoms with Crippen LogP contribution < -0.4 is 5.32 Å². The van der Waals surface area contributed by atoms with Gasteiger partial charge in [0.05, 0.1) is 6.54 Å². The Morgan fingerprint density at radius 3 is 1.80 bits per heavy atom. The van der Waals surface area contributed by atoms with E-state index in [-0.39, 0.29) is 0 Å². The molecule has 3 amide bonds. The van der Waals surface area contributed by atoms with Gasteiger partial charge in [0.25, 0.3) is 5.91 Å². The minimum Gasteiger partial charge on any atom is -0.323 e. The van der Waals surface area contributed by atoms with Crippen LogP contribution in [0.1, 0.15) is 44.1 Å². The normalized spacial score (nSPS) is 20.1. The van der Waals surface area contributed by atoms with Gasteiger partial charge in [-0.2, -0.15) is 0 Å². The highest BCUT2D eigenvalue weighted by molar-refractivity contribution is 6.07. The molecule has 1 saturated carbocycles. The van der Waals surface area contributed by atoms with Crippen LogP contribution in [0.15, 0.2) is 0 Å². The van der Waals surface area contributed by atoms with Crippen LogP contribution in [0.25, 0.3) is 0 Å². The third kappa shape index (κ3) is 2.75. The SMILES string of the molecule is O=C1NC2(CCCCCC2)C(=O)N1Cc1c(F)c(F)c(F)c(F)c1F. The number of benzene rings is 1. The maximum absolute atomic E-state index is 13.8. The van der Waals surface area contributed by atoms with Crippen molar-refractivity contribution in [2.45, 2.75) is 50.6 Å². The zero-order valence-electron chi connectivity index (χ0n) is 13.1. The number of imide groups is 1. The van der Waals surface area contributed by atoms with Crippen LogP contribution >= 0.6 is 0 Å². The van der Waals surface area contributed by atoms with Crippen molar-refractivity contribution >= 4 is 11.9 Å². The first-order chi connectivity index (χ1) is 11.8. The number of carbonyl (C=O) groups is 2. The predicted molar refractivity (Wildman–Crippen MR) is 75.7 cm³/mol. The van der Waals surface area contributed by atoms with E-state index in [9.17, 15) is 31.5 Å². The average molecular weight is 362 g/mol. The van der Waals surface area contributed by atoms with Gasteiger partial charge in [0.15, 0.2) is 23.3 Å². The molecule has 2 fully saturated rings. The number of carbonyl (C=O) groups excluding carboxylic acids is 2. The molecular weight excluding hydrogens is 347 g/mol. The zero-order chi connectivity index (χ0) is 18.4. The molecule has 0 radical (unpaired) electrons. The Kier molecular flexibility index (Phi) is 4.42. The van der Waals surface area contributed by atoms with Gasteiger partial charge in [-0.3, -0.25) is 9.69 Å². The van der Waals surface area contributed by atoms with Crippen molar-refractivity contribution in [1.82, 2.24) is 10.2 Å². The summed E-state index contributed by atoms with van der Waals surface area (Å²) >= 11 is 0. The number of rotatable bonds is 2. The fraction of sp³-hybridized carbons (Fsp3) is 0.500. The van der Waals surface area contributed by atoms with E-state index in [0.29, 0.717) is 30.6 Å². The van der Waals surface area contributed by atoms with E-state index in [1.807, 2.05) is 0 Å². The Labute approximate surface area is 140 Å². The molecule has 136 valence electrons. The van der Waals surface area contributed by atoms with Gasteiger partial charge in [0.1, 0.15) is 5.54 Å². The monoisotopic (exact) mass is 362 g/mol. The highest BCUT2D eigenvalue weighted by Crippen LogP contribution is 2.34. The largest absolute Gasteiger partial charge is 0.325 e. The number of halogens is 5. The molecule has 2 aliphatic rings. The van der Waals surface area contributed by atoms with Gasteiger partial charge in [-0.1, -0.05) is 25.7 Å². The lowest BCUT2D eigenvalue weighted by molar-refractivity contribution is -0.132. The van der Waals surface area contributed by atoms with Crippen molar-refractivity contribution in [2.24, 2.45) is 0 Å². The van der Waals surface area contributed by atoms with Crippen LogP contribution in [-0.2, 0) is 11.3 Å². The first-order valence-electron chi connectivity index (χ1n) is 7.93. The van der Waals surface area contributed by atoms with Crippen molar-refractivity contribution in [2.75, 3.05) is 0 Å². The lowest BCUT2D eigenvalue weighted by atomic mass is 9.90. The lowest BCUT2D eigenvalue weighted by Gasteiger charge is -2.24. The van der Waals surface area contributed by atoms with Gasteiger partial charge in [-0.15, -0.1) is 0 Å². The molecule has 1 aromatic rings. The molecule has 1 saturated heterocycles. The fourth-order valence-corrected chi connectivity index (χ4v) is 3.44. The molecule has 1 aliphatic carbocycles. The van der Waals surface area contributed by atoms with Crippen LogP contribution in [0.3, 0.4) is 0 Å². The highest BCUT2D eigenvalue weighted by Gasteiger charge is 2.51. The van der Waals surface area contributed by atoms with Crippen molar-refractivity contribution in [1.29, 1.82) is 0 Å². The van der Waals surface area contributed by atoms with E-state index in [1.54, 1.807) is 0 Å². The van der Waals surface area contributed by atoms with Crippen molar-refractivity contribution in [3.8, 4) is 0 Å². The highest BCUT2D eigenvalue weighted by atomic mass is 19.2. The number of nitrogens with one attached hydrogen (secondary N) is 1. The number of urea groups is 1. The summed E-state index contributed by atoms with van der Waals surface area (Å²) in [5, 5.41) is 2.54. The minimum absolute atomic E-state index is 0.380. The topological polar surface area (TPSA) is 49.4 Å². The molecule has 25 heavy (non-hydrogen) atoms. The van der Waals surface area contributed by atoms with Gasteiger partial charge in [-0.05, 0) is 12.8 Å². The molecule has 4 nitrogen and oxygen atoms in total. The molecule has 1 aliphatic heterocycles. The molecule has 1 N–H and O–H groups in total. The van der Waals surface area contributed by atoms with Gasteiger partial charge < -0.3 is 5.32 Å². The van der Waals surface area contributed by atoms with E-state index in [0.717, 1.165) is 12.8 Å². The van der Waals surface area contributed by atoms with Gasteiger partial charge in [0, 0.05) is 5.56 Å². The molecule has 0 aromatic heterocycles. The third-order valence-corrected chi connectivity index (χ3v) is 4.82. The maximum Gasteiger partial charge on any atom is 0.325 e. The van der Waals surface area contributed by atoms with Crippen molar-refractivity contribution < 1.29 is 31.5 Å². The molecule has 1 heterocycles. The molecule has 1 aromatic carbocycles. The molecule has 0 unspecified atom stereocenters. The second kappa shape index (κ2) is 6.27. The van der Waals surface area contributed by atoms with E-state index in [1.165, 1.54) is 0 Å². The molecule has 0 bridgehead atoms. The van der Waals surface area contributed by atoms with Crippen LogP contribution in [-0.4, -0.2) is 22.4 Å². The predicted octanol–water partition coefficient (Wildman–Crippen LogP) is 3.53. The van der Waals surface area contributed by atoms with E-state index >= 15 is 0 Å². The van der Waals surface area contributed by atoms with E-state index in [2.05, 4.69) is 5.32 Å². The second-order valence-electron chi connectivity index (χ2n) is 6.37. The molecule has 1 spiro atoms. The Morgan fingerprint density at radius 2 is 1.28 bits per heavy atom. The summed E-state index contributed by atoms with van der Waals surface area (Å²) < 4.78 is 67.4. The van der Waals surface area contributed by atoms with Gasteiger partial charge in [0.2, 0.25) is 5.82 Å². The average Bonchev–Trinajstić information content (AvgIpc) is 2.76. The van der Waals surface area contributed by atoms with E-state index < -0.39 is 58.7 Å². The first kappa shape index (κ1) is 17.6. The summed E-state index contributed by atoms with van der Waals surface area (Å²) in [7, 11) is 0. The second-order valence-corrected chi connectivity index (χ2v) is 6.37. The standard InChI is InChI=1S/C16H15F5N2O2/c17-9-8(10(18)12(20)13(21)11(9)19)7-23-14(24)16(22-15(23)25)5-3-1-2-4-6-16/h1-7H2,(H,22,25). The number of amides is 3. The summed E-state index contributed by atoms with van der Waals surface area (Å²) in [6.45, 7) is -1.02. The van der Waals surface area contributed by atoms with Gasteiger partial charge >= 0.3 is 6.03 Å². The Balaban J connectivity index is 1.94. The summed E-state index contributed by atoms with van der Waals surface area (Å²) in [6, 6.07) is -0.893. The van der Waals surface area contributed by atoms with Crippen molar-refractivity contribution in [3.05, 3.63) is 34.6 Å². The van der Waals surface area contributed by atoms with Gasteiger partial charge in [-0.25, -0.2) is 26.7 Å². The third-order valence-electron chi connectivity index (χ3n) is 4.82. The van der Waals surface area contributed by atoms with Crippen LogP contribution in [0.4, 0.5) is 26.7 Å². The number of hydrogen-bond acceptors (Lipinski definition) is 2. The summed E-state index contributed by atoms with van der Waals surface area (Å²) in [5.41, 5.74) is -2.36. The molecule has 3 rings (SSSR count). The summed E-state index contributed by atoms with van der Waals surface area (Å²) in [5.74, 6) is -11.3. The molecular formula is C16H15F5N2O2. The summed E-state index contributed by atoms with van der Waals surface area (Å²) in [4.78, 5) is 25.3. The van der Waals surface area contributed by atoms with Crippen LogP contribution in [0.2, 0.25) is 0 Å². The molecule has 0 atom stereocenters. The maximum atomic E-state index is 13.8. The summed E-state index contributed by atoms with van der Waals surface area (Å²) in [6.07, 6.45) is 3.94. The Bertz CT molecular complexity index is 716. The minimum atomic E-state index is -2.28. The lowest BCUT2D eigenvalue weighted by Crippen LogP contribution is -2.46. The number of nitrogens with zero attached hydrogens (tertiary/aromatic N) is 1. The smallest absolute Gasteiger partial charge is 0.323 e.